The molecular weight excluding hydrogens is 254 g/mol. The molecule has 1 fully saturated rings. The lowest BCUT2D eigenvalue weighted by Crippen LogP contribution is -2.50. The van der Waals surface area contributed by atoms with Gasteiger partial charge in [0.1, 0.15) is 12.2 Å². The molecule has 1 heterocycles. The zero-order valence-corrected chi connectivity index (χ0v) is 11.0. The Morgan fingerprint density at radius 1 is 1.47 bits per heavy atom. The number of hydrogen-bond acceptors (Lipinski definition) is 6. The maximum absolute atomic E-state index is 11.5. The number of fused-ring (bicyclic) bond motifs is 1. The third-order valence-electron chi connectivity index (χ3n) is 3.13. The summed E-state index contributed by atoms with van der Waals surface area (Å²) in [5, 5.41) is 11.3. The lowest BCUT2D eigenvalue weighted by Gasteiger charge is -2.30. The van der Waals surface area contributed by atoms with Crippen LogP contribution >= 0.6 is 0 Å². The van der Waals surface area contributed by atoms with Crippen molar-refractivity contribution < 1.29 is 29.2 Å². The first-order chi connectivity index (χ1) is 8.84. The summed E-state index contributed by atoms with van der Waals surface area (Å²) in [6.45, 7) is 4.85. The fourth-order valence-electron chi connectivity index (χ4n) is 2.48. The molecule has 0 aromatic heterocycles. The Kier molecular flexibility index (Phi) is 3.62. The first-order valence-corrected chi connectivity index (χ1v) is 6.02. The molecule has 0 radical (unpaired) electrons. The minimum atomic E-state index is -0.870. The Labute approximate surface area is 110 Å². The third kappa shape index (κ3) is 2.78. The van der Waals surface area contributed by atoms with Crippen molar-refractivity contribution in [2.24, 2.45) is 0 Å². The molecule has 2 rings (SSSR count). The topological polar surface area (TPSA) is 94.1 Å². The molecule has 0 saturated carbocycles. The van der Waals surface area contributed by atoms with Gasteiger partial charge < -0.3 is 14.8 Å². The van der Waals surface area contributed by atoms with Gasteiger partial charge in [0, 0.05) is 6.92 Å². The summed E-state index contributed by atoms with van der Waals surface area (Å²) >= 11 is 0. The fourth-order valence-corrected chi connectivity index (χ4v) is 2.48. The van der Waals surface area contributed by atoms with Gasteiger partial charge in [0.25, 0.3) is 0 Å². The van der Waals surface area contributed by atoms with Crippen LogP contribution in [0.15, 0.2) is 11.6 Å². The summed E-state index contributed by atoms with van der Waals surface area (Å²) in [4.78, 5) is 26.4. The predicted octanol–water partition coefficient (Wildman–Crippen LogP) is 0.357. The van der Waals surface area contributed by atoms with Gasteiger partial charge in [-0.25, -0.2) is 4.79 Å². The molecule has 0 bridgehead atoms. The molecule has 106 valence electrons. The fraction of sp³-hybridized carbons (Fsp3) is 0.667. The van der Waals surface area contributed by atoms with Crippen molar-refractivity contribution in [2.75, 3.05) is 0 Å². The van der Waals surface area contributed by atoms with Gasteiger partial charge in [0.05, 0.1) is 11.6 Å². The lowest BCUT2D eigenvalue weighted by molar-refractivity contribution is -0.230. The summed E-state index contributed by atoms with van der Waals surface area (Å²) in [5.41, 5.74) is 0.208. The van der Waals surface area contributed by atoms with Crippen LogP contribution in [0, 0.1) is 0 Å². The van der Waals surface area contributed by atoms with E-state index in [9.17, 15) is 9.59 Å². The molecule has 7 nitrogen and oxygen atoms in total. The van der Waals surface area contributed by atoms with Gasteiger partial charge in [-0.15, -0.1) is 0 Å². The van der Waals surface area contributed by atoms with E-state index in [-0.39, 0.29) is 17.5 Å². The zero-order chi connectivity index (χ0) is 14.2. The van der Waals surface area contributed by atoms with Crippen LogP contribution in [-0.4, -0.2) is 41.2 Å². The standard InChI is InChI=1S/C12H17NO6/c1-6(14)13-8-5-4-7(11(15)19-16)9-10(8)18-12(2,3)17-9/h4,8-10,16H,5H2,1-3H3,(H,13,14)/t8-,9+,10+/m1/s1. The van der Waals surface area contributed by atoms with Crippen LogP contribution in [0.2, 0.25) is 0 Å². The molecule has 2 N–H and O–H groups in total. The highest BCUT2D eigenvalue weighted by Gasteiger charge is 2.50. The van der Waals surface area contributed by atoms with Gasteiger partial charge in [-0.2, -0.15) is 5.26 Å². The van der Waals surface area contributed by atoms with Gasteiger partial charge >= 0.3 is 5.97 Å². The molecule has 1 amide bonds. The highest BCUT2D eigenvalue weighted by atomic mass is 17.1. The van der Waals surface area contributed by atoms with Gasteiger partial charge in [-0.05, 0) is 20.3 Å². The van der Waals surface area contributed by atoms with E-state index in [0.29, 0.717) is 6.42 Å². The van der Waals surface area contributed by atoms with E-state index >= 15 is 0 Å². The SMILES string of the molecule is CC(=O)N[C@@H]1CC=C(C(=O)OO)[C@@H]2OC(C)(C)O[C@@H]12. The van der Waals surface area contributed by atoms with E-state index in [0.717, 1.165) is 0 Å². The molecule has 1 saturated heterocycles. The average molecular weight is 271 g/mol. The van der Waals surface area contributed by atoms with E-state index in [1.54, 1.807) is 19.9 Å². The van der Waals surface area contributed by atoms with Gasteiger partial charge in [-0.1, -0.05) is 6.08 Å². The molecule has 0 unspecified atom stereocenters. The molecule has 0 spiro atoms. The second kappa shape index (κ2) is 4.92. The molecule has 3 atom stereocenters. The third-order valence-corrected chi connectivity index (χ3v) is 3.13. The van der Waals surface area contributed by atoms with Crippen LogP contribution in [0.25, 0.3) is 0 Å². The lowest BCUT2D eigenvalue weighted by atomic mass is 9.89. The number of carbonyl (C=O) groups excluding carboxylic acids is 2. The average Bonchev–Trinajstić information content (AvgIpc) is 2.63. The number of ether oxygens (including phenoxy) is 2. The van der Waals surface area contributed by atoms with Crippen molar-refractivity contribution in [1.82, 2.24) is 5.32 Å². The van der Waals surface area contributed by atoms with Crippen molar-refractivity contribution in [1.29, 1.82) is 0 Å². The van der Waals surface area contributed by atoms with Gasteiger partial charge in [0.2, 0.25) is 5.91 Å². The summed E-state index contributed by atoms with van der Waals surface area (Å²) in [6, 6.07) is -0.278. The minimum Gasteiger partial charge on any atom is -0.351 e. The number of nitrogens with one attached hydrogen (secondary N) is 1. The Morgan fingerprint density at radius 3 is 2.74 bits per heavy atom. The maximum Gasteiger partial charge on any atom is 0.371 e. The van der Waals surface area contributed by atoms with E-state index in [1.807, 2.05) is 0 Å². The first kappa shape index (κ1) is 14.0. The van der Waals surface area contributed by atoms with Crippen molar-refractivity contribution >= 4 is 11.9 Å². The van der Waals surface area contributed by atoms with Crippen LogP contribution in [0.4, 0.5) is 0 Å². The summed E-state index contributed by atoms with van der Waals surface area (Å²) in [5.74, 6) is -1.91. The number of carbonyl (C=O) groups is 2. The molecule has 0 aromatic carbocycles. The Hall–Kier alpha value is -1.44. The van der Waals surface area contributed by atoms with Crippen molar-refractivity contribution in [3.05, 3.63) is 11.6 Å². The summed E-state index contributed by atoms with van der Waals surface area (Å²) in [6.07, 6.45) is 0.841. The first-order valence-electron chi connectivity index (χ1n) is 6.02. The molecule has 1 aliphatic carbocycles. The van der Waals surface area contributed by atoms with Gasteiger partial charge in [0.15, 0.2) is 5.79 Å². The number of rotatable bonds is 2. The Balaban J connectivity index is 2.26. The highest BCUT2D eigenvalue weighted by molar-refractivity contribution is 5.89. The molecule has 19 heavy (non-hydrogen) atoms. The largest absolute Gasteiger partial charge is 0.371 e. The van der Waals surface area contributed by atoms with E-state index in [4.69, 9.17) is 14.7 Å². The Morgan fingerprint density at radius 2 is 2.16 bits per heavy atom. The van der Waals surface area contributed by atoms with Crippen LogP contribution in [0.5, 0.6) is 0 Å². The van der Waals surface area contributed by atoms with Crippen LogP contribution in [0.3, 0.4) is 0 Å². The normalized spacial score (nSPS) is 32.2. The monoisotopic (exact) mass is 271 g/mol. The zero-order valence-electron chi connectivity index (χ0n) is 11.0. The van der Waals surface area contributed by atoms with Crippen LogP contribution in [0.1, 0.15) is 27.2 Å². The number of amides is 1. The van der Waals surface area contributed by atoms with Crippen LogP contribution < -0.4 is 5.32 Å². The predicted molar refractivity (Wildman–Crippen MR) is 62.9 cm³/mol. The summed E-state index contributed by atoms with van der Waals surface area (Å²) < 4.78 is 11.4. The highest BCUT2D eigenvalue weighted by Crippen LogP contribution is 2.37. The quantitative estimate of drug-likeness (QED) is 0.556. The van der Waals surface area contributed by atoms with Crippen molar-refractivity contribution in [3.8, 4) is 0 Å². The maximum atomic E-state index is 11.5. The summed E-state index contributed by atoms with van der Waals surface area (Å²) in [7, 11) is 0. The Bertz CT molecular complexity index is 430. The minimum absolute atomic E-state index is 0.182. The molecule has 0 aromatic rings. The van der Waals surface area contributed by atoms with E-state index in [2.05, 4.69) is 10.2 Å². The van der Waals surface area contributed by atoms with E-state index in [1.165, 1.54) is 6.92 Å². The second-order valence-electron chi connectivity index (χ2n) is 5.10. The van der Waals surface area contributed by atoms with Crippen LogP contribution in [-0.2, 0) is 24.0 Å². The second-order valence-corrected chi connectivity index (χ2v) is 5.10. The van der Waals surface area contributed by atoms with Crippen molar-refractivity contribution in [3.63, 3.8) is 0 Å². The van der Waals surface area contributed by atoms with Gasteiger partial charge in [-0.3, -0.25) is 9.68 Å². The molecule has 1 aliphatic heterocycles. The molecule has 7 heteroatoms. The van der Waals surface area contributed by atoms with Crippen molar-refractivity contribution in [2.45, 2.75) is 51.2 Å². The molecule has 2 aliphatic rings. The smallest absolute Gasteiger partial charge is 0.351 e. The molecular formula is C12H17NO6. The van der Waals surface area contributed by atoms with E-state index < -0.39 is 24.0 Å². The number of hydrogen-bond donors (Lipinski definition) is 2.